The average molecular weight is 324 g/mol. The fraction of sp³-hybridized carbons (Fsp3) is 0.818. The van der Waals surface area contributed by atoms with E-state index in [0.29, 0.717) is 0 Å². The number of carboxylic acids is 1. The Labute approximate surface area is 124 Å². The Bertz CT molecular complexity index is 418. The maximum Gasteiger partial charge on any atom is 0.246 e. The first kappa shape index (κ1) is 18.7. The second-order valence-electron chi connectivity index (χ2n) is 4.92. The van der Waals surface area contributed by atoms with Crippen LogP contribution in [0.2, 0.25) is 0 Å². The lowest BCUT2D eigenvalue weighted by Gasteiger charge is -2.46. The van der Waals surface area contributed by atoms with Crippen LogP contribution in [0.1, 0.15) is 6.42 Å². The van der Waals surface area contributed by atoms with Crippen molar-refractivity contribution in [2.45, 2.75) is 42.7 Å². The molecule has 0 aromatic heterocycles. The summed E-state index contributed by atoms with van der Waals surface area (Å²) in [6.45, 7) is -1.89. The molecule has 11 nitrogen and oxygen atoms in total. The van der Waals surface area contributed by atoms with Crippen molar-refractivity contribution in [2.24, 2.45) is 0 Å². The van der Waals surface area contributed by atoms with E-state index in [0.717, 1.165) is 0 Å². The Hall–Kier alpha value is -1.34. The maximum atomic E-state index is 11.2. The Balaban J connectivity index is 3.07. The van der Waals surface area contributed by atoms with Gasteiger partial charge in [0.25, 0.3) is 0 Å². The lowest BCUT2D eigenvalue weighted by molar-refractivity contribution is -0.374. The summed E-state index contributed by atoms with van der Waals surface area (Å²) in [6, 6.07) is -1.45. The van der Waals surface area contributed by atoms with E-state index in [1.165, 1.54) is 0 Å². The number of ether oxygens (including phenoxy) is 1. The lowest BCUT2D eigenvalue weighted by atomic mass is 9.88. The zero-order chi connectivity index (χ0) is 17.1. The average Bonchev–Trinajstić information content (AvgIpc) is 2.47. The molecule has 1 rings (SSSR count). The fourth-order valence-electron chi connectivity index (χ4n) is 2.13. The number of carboxylic acid groups (broad SMARTS) is 1. The van der Waals surface area contributed by atoms with E-state index in [1.54, 1.807) is 0 Å². The number of carbonyl (C=O) groups is 2. The predicted molar refractivity (Wildman–Crippen MR) is 63.6 cm³/mol. The largest absolute Gasteiger partial charge is 0.544 e. The summed E-state index contributed by atoms with van der Waals surface area (Å²) < 4.78 is 4.76. The van der Waals surface area contributed by atoms with Gasteiger partial charge in [0.05, 0.1) is 18.8 Å². The van der Waals surface area contributed by atoms with Crippen molar-refractivity contribution in [2.75, 3.05) is 13.2 Å². The van der Waals surface area contributed by atoms with Crippen LogP contribution in [-0.4, -0.2) is 92.0 Å². The molecule has 1 fully saturated rings. The number of aliphatic hydroxyl groups is 6. The first-order valence-corrected chi connectivity index (χ1v) is 6.33. The lowest BCUT2D eigenvalue weighted by Crippen LogP contribution is -2.69. The molecule has 1 amide bonds. The Morgan fingerprint density at radius 1 is 1.36 bits per heavy atom. The molecule has 0 aliphatic carbocycles. The zero-order valence-electron chi connectivity index (χ0n) is 11.3. The minimum absolute atomic E-state index is 0.885. The van der Waals surface area contributed by atoms with E-state index < -0.39 is 67.8 Å². The molecule has 1 heterocycles. The van der Waals surface area contributed by atoms with E-state index >= 15 is 0 Å². The quantitative estimate of drug-likeness (QED) is 0.246. The molecular weight excluding hydrogens is 306 g/mol. The second-order valence-corrected chi connectivity index (χ2v) is 4.92. The van der Waals surface area contributed by atoms with Gasteiger partial charge in [-0.2, -0.15) is 0 Å². The van der Waals surface area contributed by atoms with E-state index in [9.17, 15) is 35.1 Å². The third-order valence-corrected chi connectivity index (χ3v) is 3.29. The highest BCUT2D eigenvalue weighted by Gasteiger charge is 2.50. The summed E-state index contributed by atoms with van der Waals surface area (Å²) in [5, 5.41) is 69.3. The highest BCUT2D eigenvalue weighted by molar-refractivity contribution is 5.77. The highest BCUT2D eigenvalue weighted by atomic mass is 16.7. The van der Waals surface area contributed by atoms with Crippen LogP contribution < -0.4 is 10.4 Å². The zero-order valence-corrected chi connectivity index (χ0v) is 11.3. The Kier molecular flexibility index (Phi) is 6.19. The van der Waals surface area contributed by atoms with Crippen LogP contribution in [-0.2, 0) is 14.3 Å². The normalized spacial score (nSPS) is 34.7. The standard InChI is InChI=1S/C11H19NO10/c13-2-5(16)8(18)9-7(12-6(17)3-14)4(15)1-11(21,22-9)10(19)20/h4-5,7-9,13-16,18,21H,1-3H2,(H,12,17)(H,19,20)/p-1/t4?,5-,7?,8-,9?,11?/m1/s1. The van der Waals surface area contributed by atoms with Gasteiger partial charge in [-0.15, -0.1) is 0 Å². The number of amides is 1. The molecule has 22 heavy (non-hydrogen) atoms. The fourth-order valence-corrected chi connectivity index (χ4v) is 2.13. The molecule has 4 unspecified atom stereocenters. The molecule has 7 N–H and O–H groups in total. The Morgan fingerprint density at radius 3 is 2.41 bits per heavy atom. The third-order valence-electron chi connectivity index (χ3n) is 3.29. The van der Waals surface area contributed by atoms with E-state index in [-0.39, 0.29) is 0 Å². The molecule has 0 saturated carbocycles. The summed E-state index contributed by atoms with van der Waals surface area (Å²) in [4.78, 5) is 22.1. The van der Waals surface area contributed by atoms with Gasteiger partial charge in [-0.25, -0.2) is 0 Å². The number of aliphatic hydroxyl groups excluding tert-OH is 5. The summed E-state index contributed by atoms with van der Waals surface area (Å²) in [5.41, 5.74) is 0. The summed E-state index contributed by atoms with van der Waals surface area (Å²) in [5.74, 6) is -6.02. The van der Waals surface area contributed by atoms with Gasteiger partial charge in [-0.1, -0.05) is 0 Å². The molecule has 0 spiro atoms. The molecule has 1 saturated heterocycles. The molecule has 11 heteroatoms. The number of hydrogen-bond donors (Lipinski definition) is 7. The van der Waals surface area contributed by atoms with Crippen molar-refractivity contribution in [3.63, 3.8) is 0 Å². The second kappa shape index (κ2) is 7.28. The maximum absolute atomic E-state index is 11.2. The van der Waals surface area contributed by atoms with Crippen molar-refractivity contribution in [3.8, 4) is 0 Å². The van der Waals surface area contributed by atoms with E-state index in [1.807, 2.05) is 0 Å². The van der Waals surface area contributed by atoms with E-state index in [4.69, 9.17) is 14.9 Å². The van der Waals surface area contributed by atoms with Crippen LogP contribution in [0.15, 0.2) is 0 Å². The van der Waals surface area contributed by atoms with Crippen LogP contribution >= 0.6 is 0 Å². The monoisotopic (exact) mass is 324 g/mol. The molecule has 6 atom stereocenters. The summed E-state index contributed by atoms with van der Waals surface area (Å²) in [7, 11) is 0. The van der Waals surface area contributed by atoms with Gasteiger partial charge in [-0.3, -0.25) is 4.79 Å². The minimum Gasteiger partial charge on any atom is -0.544 e. The number of hydrogen-bond acceptors (Lipinski definition) is 10. The number of nitrogens with one attached hydrogen (secondary N) is 1. The summed E-state index contributed by atoms with van der Waals surface area (Å²) in [6.07, 6.45) is -8.11. The number of aliphatic carboxylic acids is 1. The number of carbonyl (C=O) groups excluding carboxylic acids is 2. The van der Waals surface area contributed by atoms with E-state index in [2.05, 4.69) is 5.32 Å². The van der Waals surface area contributed by atoms with Crippen molar-refractivity contribution in [1.29, 1.82) is 0 Å². The van der Waals surface area contributed by atoms with Gasteiger partial charge in [0.2, 0.25) is 11.7 Å². The molecule has 0 bridgehead atoms. The first-order valence-electron chi connectivity index (χ1n) is 6.33. The highest BCUT2D eigenvalue weighted by Crippen LogP contribution is 2.29. The topological polar surface area (TPSA) is 200 Å². The minimum atomic E-state index is -2.96. The smallest absolute Gasteiger partial charge is 0.246 e. The molecule has 1 aliphatic rings. The Morgan fingerprint density at radius 2 is 1.95 bits per heavy atom. The molecule has 0 aromatic rings. The van der Waals surface area contributed by atoms with Crippen LogP contribution in [0.4, 0.5) is 0 Å². The molecule has 1 aliphatic heterocycles. The molecular formula is C11H18NO10-. The van der Waals surface area contributed by atoms with Crippen LogP contribution in [0.5, 0.6) is 0 Å². The van der Waals surface area contributed by atoms with Crippen LogP contribution in [0, 0.1) is 0 Å². The van der Waals surface area contributed by atoms with Gasteiger partial charge >= 0.3 is 0 Å². The van der Waals surface area contributed by atoms with Gasteiger partial charge in [0.1, 0.15) is 30.9 Å². The van der Waals surface area contributed by atoms with Crippen molar-refractivity contribution in [3.05, 3.63) is 0 Å². The van der Waals surface area contributed by atoms with Crippen LogP contribution in [0.3, 0.4) is 0 Å². The van der Waals surface area contributed by atoms with Crippen LogP contribution in [0.25, 0.3) is 0 Å². The molecule has 128 valence electrons. The summed E-state index contributed by atoms with van der Waals surface area (Å²) >= 11 is 0. The van der Waals surface area contributed by atoms with Gasteiger partial charge < -0.3 is 50.6 Å². The van der Waals surface area contributed by atoms with Crippen molar-refractivity contribution < 1.29 is 50.1 Å². The molecule has 0 aromatic carbocycles. The number of rotatable bonds is 6. The van der Waals surface area contributed by atoms with Gasteiger partial charge in [-0.05, 0) is 0 Å². The van der Waals surface area contributed by atoms with Gasteiger partial charge in [0.15, 0.2) is 0 Å². The van der Waals surface area contributed by atoms with Gasteiger partial charge in [0, 0.05) is 6.42 Å². The first-order chi connectivity index (χ1) is 10.2. The van der Waals surface area contributed by atoms with Crippen molar-refractivity contribution >= 4 is 11.9 Å². The molecule has 0 radical (unpaired) electrons. The SMILES string of the molecule is O=C(CO)NC1C(O)CC(O)(C(=O)[O-])OC1[C@H](O)[C@H](O)CO. The van der Waals surface area contributed by atoms with Crippen molar-refractivity contribution in [1.82, 2.24) is 5.32 Å². The third kappa shape index (κ3) is 3.89. The predicted octanol–water partition coefficient (Wildman–Crippen LogP) is -6.23.